The van der Waals surface area contributed by atoms with Gasteiger partial charge < -0.3 is 8.98 Å². The number of para-hydroxylation sites is 3. The maximum Gasteiger partial charge on any atom is 0.164 e. The van der Waals surface area contributed by atoms with Gasteiger partial charge in [-0.3, -0.25) is 0 Å². The Morgan fingerprint density at radius 3 is 1.58 bits per heavy atom. The standard InChI is InChI=1S/C45H23B5N4O/c46-37-35(38(47)40(49)41(50)39(37)48)24-20-22-26(23-21-24)44-51-43(25-10-2-1-3-11-25)52-45(53-44)30-15-9-19-34-36(30)29-14-8-18-33(42(29)55-34)54-31-16-6-4-12-27(31)28-13-5-7-17-32(28)54/h1-23H. The molecule has 5 nitrogen and oxygen atoms in total. The minimum atomic E-state index is 0.171. The van der Waals surface area contributed by atoms with Crippen molar-refractivity contribution in [1.82, 2.24) is 19.5 Å². The van der Waals surface area contributed by atoms with Gasteiger partial charge in [-0.15, -0.1) is 16.4 Å². The van der Waals surface area contributed by atoms with E-state index in [-0.39, 0.29) is 27.3 Å². The summed E-state index contributed by atoms with van der Waals surface area (Å²) in [5.41, 5.74) is 9.45. The molecule has 244 valence electrons. The van der Waals surface area contributed by atoms with Gasteiger partial charge in [0.15, 0.2) is 23.1 Å². The van der Waals surface area contributed by atoms with E-state index >= 15 is 0 Å². The van der Waals surface area contributed by atoms with Crippen LogP contribution in [0.5, 0.6) is 0 Å². The van der Waals surface area contributed by atoms with Gasteiger partial charge in [-0.05, 0) is 35.4 Å². The van der Waals surface area contributed by atoms with E-state index in [9.17, 15) is 0 Å². The Morgan fingerprint density at radius 2 is 0.927 bits per heavy atom. The Morgan fingerprint density at radius 1 is 0.418 bits per heavy atom. The smallest absolute Gasteiger partial charge is 0.164 e. The second-order valence-electron chi connectivity index (χ2n) is 13.5. The van der Waals surface area contributed by atoms with Gasteiger partial charge in [0.25, 0.3) is 0 Å². The molecule has 3 aromatic heterocycles. The predicted molar refractivity (Wildman–Crippen MR) is 230 cm³/mol. The van der Waals surface area contributed by atoms with Crippen LogP contribution in [0.25, 0.3) is 94.7 Å². The van der Waals surface area contributed by atoms with Crippen molar-refractivity contribution in [2.75, 3.05) is 0 Å². The van der Waals surface area contributed by atoms with Crippen LogP contribution in [-0.2, 0) is 0 Å². The van der Waals surface area contributed by atoms with Crippen LogP contribution < -0.4 is 27.3 Å². The minimum absolute atomic E-state index is 0.171. The fourth-order valence-corrected chi connectivity index (χ4v) is 7.67. The Hall–Kier alpha value is -6.53. The van der Waals surface area contributed by atoms with E-state index in [4.69, 9.17) is 58.6 Å². The summed E-state index contributed by atoms with van der Waals surface area (Å²) in [5.74, 6) is 1.53. The van der Waals surface area contributed by atoms with Gasteiger partial charge in [-0.25, -0.2) is 15.0 Å². The summed E-state index contributed by atoms with van der Waals surface area (Å²) in [6.07, 6.45) is 0. The van der Waals surface area contributed by atoms with Crippen LogP contribution in [0.2, 0.25) is 0 Å². The van der Waals surface area contributed by atoms with E-state index in [1.54, 1.807) is 0 Å². The van der Waals surface area contributed by atoms with Gasteiger partial charge in [-0.2, -0.15) is 0 Å². The summed E-state index contributed by atoms with van der Waals surface area (Å²) in [7, 11) is 31.2. The Kier molecular flexibility index (Phi) is 7.70. The molecule has 0 saturated heterocycles. The van der Waals surface area contributed by atoms with Crippen LogP contribution in [0.4, 0.5) is 0 Å². The van der Waals surface area contributed by atoms with Crippen LogP contribution in [0.3, 0.4) is 0 Å². The maximum absolute atomic E-state index is 6.76. The summed E-state index contributed by atoms with van der Waals surface area (Å²) >= 11 is 0. The zero-order valence-electron chi connectivity index (χ0n) is 29.4. The summed E-state index contributed by atoms with van der Waals surface area (Å²) in [6, 6.07) is 46.6. The third-order valence-electron chi connectivity index (χ3n) is 10.4. The Bertz CT molecular complexity index is 3070. The number of aromatic nitrogens is 4. The van der Waals surface area contributed by atoms with Gasteiger partial charge in [0, 0.05) is 38.2 Å². The van der Waals surface area contributed by atoms with Crippen LogP contribution in [0.15, 0.2) is 144 Å². The molecule has 0 aliphatic carbocycles. The summed E-state index contributed by atoms with van der Waals surface area (Å²) in [6.45, 7) is 0. The lowest BCUT2D eigenvalue weighted by atomic mass is 9.59. The average Bonchev–Trinajstić information content (AvgIpc) is 3.79. The van der Waals surface area contributed by atoms with E-state index < -0.39 is 0 Å². The number of furan rings is 1. The zero-order valence-corrected chi connectivity index (χ0v) is 29.4. The van der Waals surface area contributed by atoms with Gasteiger partial charge >= 0.3 is 0 Å². The molecule has 10 radical (unpaired) electrons. The zero-order chi connectivity index (χ0) is 37.4. The molecule has 10 aromatic rings. The Labute approximate surface area is 323 Å². The highest BCUT2D eigenvalue weighted by Gasteiger charge is 2.21. The van der Waals surface area contributed by atoms with Crippen LogP contribution in [0, 0.1) is 0 Å². The van der Waals surface area contributed by atoms with E-state index in [1.807, 2.05) is 72.8 Å². The quantitative estimate of drug-likeness (QED) is 0.224. The first-order valence-corrected chi connectivity index (χ1v) is 17.7. The van der Waals surface area contributed by atoms with E-state index in [2.05, 4.69) is 71.3 Å². The summed E-state index contributed by atoms with van der Waals surface area (Å²) < 4.78 is 9.04. The maximum atomic E-state index is 6.76. The number of benzene rings is 7. The summed E-state index contributed by atoms with van der Waals surface area (Å²) in [4.78, 5) is 15.1. The van der Waals surface area contributed by atoms with Crippen LogP contribution in [-0.4, -0.2) is 58.8 Å². The topological polar surface area (TPSA) is 56.7 Å². The highest BCUT2D eigenvalue weighted by molar-refractivity contribution is 6.68. The third-order valence-corrected chi connectivity index (χ3v) is 10.4. The molecule has 3 heterocycles. The number of hydrogen-bond acceptors (Lipinski definition) is 4. The van der Waals surface area contributed by atoms with Gasteiger partial charge in [0.2, 0.25) is 0 Å². The molecule has 0 aliphatic heterocycles. The fraction of sp³-hybridized carbons (Fsp3) is 0. The molecule has 10 heteroatoms. The number of rotatable bonds is 5. The molecular weight excluding hydrogens is 667 g/mol. The monoisotopic (exact) mass is 690 g/mol. The van der Waals surface area contributed by atoms with Gasteiger partial charge in [-0.1, -0.05) is 126 Å². The average molecular weight is 690 g/mol. The molecule has 0 spiro atoms. The summed E-state index contributed by atoms with van der Waals surface area (Å²) in [5, 5.41) is 4.23. The molecule has 0 bridgehead atoms. The normalized spacial score (nSPS) is 11.6. The van der Waals surface area contributed by atoms with E-state index in [1.165, 1.54) is 10.8 Å². The largest absolute Gasteiger partial charge is 0.454 e. The molecule has 0 unspecified atom stereocenters. The van der Waals surface area contributed by atoms with Crippen LogP contribution in [0.1, 0.15) is 0 Å². The van der Waals surface area contributed by atoms with Gasteiger partial charge in [0.1, 0.15) is 44.8 Å². The molecule has 10 rings (SSSR count). The van der Waals surface area contributed by atoms with Crippen molar-refractivity contribution in [2.45, 2.75) is 0 Å². The first-order valence-electron chi connectivity index (χ1n) is 17.7. The molecule has 0 fully saturated rings. The molecule has 7 aromatic carbocycles. The van der Waals surface area contributed by atoms with Gasteiger partial charge in [0.05, 0.1) is 16.7 Å². The fourth-order valence-electron chi connectivity index (χ4n) is 7.67. The first kappa shape index (κ1) is 33.1. The lowest BCUT2D eigenvalue weighted by molar-refractivity contribution is 0.666. The highest BCUT2D eigenvalue weighted by Crippen LogP contribution is 2.41. The second-order valence-corrected chi connectivity index (χ2v) is 13.5. The molecule has 0 aliphatic rings. The first-order chi connectivity index (χ1) is 26.9. The van der Waals surface area contributed by atoms with Crippen molar-refractivity contribution >= 4 is 110 Å². The SMILES string of the molecule is [B]c1c([B])c([B])c(-c2ccc(-c3nc(-c4ccccc4)nc(-c4cccc5oc6c(-n7c8ccccc8c8ccccc87)cccc6c45)n3)cc2)c([B])c1[B]. The molecule has 55 heavy (non-hydrogen) atoms. The molecule has 0 atom stereocenters. The van der Waals surface area contributed by atoms with Crippen molar-refractivity contribution < 1.29 is 4.42 Å². The van der Waals surface area contributed by atoms with Crippen molar-refractivity contribution in [2.24, 2.45) is 0 Å². The minimum Gasteiger partial charge on any atom is -0.454 e. The van der Waals surface area contributed by atoms with E-state index in [0.29, 0.717) is 23.0 Å². The third kappa shape index (κ3) is 5.19. The highest BCUT2D eigenvalue weighted by atomic mass is 16.3. The van der Waals surface area contributed by atoms with Crippen molar-refractivity contribution in [3.8, 4) is 51.0 Å². The predicted octanol–water partition coefficient (Wildman–Crippen LogP) is 5.51. The Balaban J connectivity index is 1.16. The number of nitrogens with zero attached hydrogens (tertiary/aromatic N) is 4. The van der Waals surface area contributed by atoms with Crippen molar-refractivity contribution in [1.29, 1.82) is 0 Å². The van der Waals surface area contributed by atoms with Crippen LogP contribution >= 0.6 is 0 Å². The van der Waals surface area contributed by atoms with Crippen molar-refractivity contribution in [3.05, 3.63) is 140 Å². The number of hydrogen-bond donors (Lipinski definition) is 0. The van der Waals surface area contributed by atoms with E-state index in [0.717, 1.165) is 60.9 Å². The molecule has 0 amide bonds. The van der Waals surface area contributed by atoms with Crippen molar-refractivity contribution in [3.63, 3.8) is 0 Å². The molecule has 0 N–H and O–H groups in total. The molecule has 0 saturated carbocycles. The second kappa shape index (κ2) is 12.8. The lowest BCUT2D eigenvalue weighted by Gasteiger charge is -2.21. The number of fused-ring (bicyclic) bond motifs is 6. The molecular formula is C45H23B5N4O. The lowest BCUT2D eigenvalue weighted by Crippen LogP contribution is -2.55.